The molecule has 1 amide bonds. The number of carbonyl (C=O) groups is 1. The molecule has 0 aliphatic heterocycles. The Bertz CT molecular complexity index is 336. The minimum absolute atomic E-state index is 0.284. The van der Waals surface area contributed by atoms with Gasteiger partial charge in [-0.1, -0.05) is 0 Å². The van der Waals surface area contributed by atoms with E-state index >= 15 is 0 Å². The summed E-state index contributed by atoms with van der Waals surface area (Å²) in [6.07, 6.45) is 1.85. The van der Waals surface area contributed by atoms with Gasteiger partial charge in [-0.25, -0.2) is 0 Å². The molecule has 2 N–H and O–H groups in total. The molecule has 1 rings (SSSR count). The van der Waals surface area contributed by atoms with E-state index < -0.39 is 6.04 Å². The number of carbonyl (C=O) groups excluding carboxylic acids is 1. The summed E-state index contributed by atoms with van der Waals surface area (Å²) >= 11 is 1.42. The first-order chi connectivity index (χ1) is 5.61. The highest BCUT2D eigenvalue weighted by Crippen LogP contribution is 1.87. The smallest absolute Gasteiger partial charge is 0.264 e. The fourth-order valence-corrected chi connectivity index (χ4v) is 1.37. The molecule has 0 aromatic carbocycles. The lowest BCUT2D eigenvalue weighted by atomic mass is 10.3. The number of rotatable bonds is 1. The van der Waals surface area contributed by atoms with Crippen molar-refractivity contribution in [3.05, 3.63) is 16.4 Å². The van der Waals surface area contributed by atoms with Crippen LogP contribution in [0, 0.1) is 0 Å². The molecule has 0 aliphatic carbocycles. The van der Waals surface area contributed by atoms with Crippen LogP contribution in [0.15, 0.2) is 16.6 Å². The molecule has 0 spiro atoms. The zero-order valence-corrected chi connectivity index (χ0v) is 7.84. The molecule has 12 heavy (non-hydrogen) atoms. The topological polar surface area (TPSA) is 60.4 Å². The fourth-order valence-electron chi connectivity index (χ4n) is 0.631. The van der Waals surface area contributed by atoms with Crippen LogP contribution in [0.25, 0.3) is 0 Å². The van der Waals surface area contributed by atoms with Crippen molar-refractivity contribution in [1.29, 1.82) is 0 Å². The van der Waals surface area contributed by atoms with E-state index in [9.17, 15) is 4.79 Å². The van der Waals surface area contributed by atoms with Crippen molar-refractivity contribution in [3.8, 4) is 0 Å². The van der Waals surface area contributed by atoms with Gasteiger partial charge in [-0.15, -0.1) is 11.3 Å². The van der Waals surface area contributed by atoms with Crippen LogP contribution < -0.4 is 10.5 Å². The van der Waals surface area contributed by atoms with Gasteiger partial charge in [0.2, 0.25) is 0 Å². The quantitative estimate of drug-likeness (QED) is 0.662. The SMILES string of the molecule is C[C@H](N)C(=O)N=c1sccn1C. The lowest BCUT2D eigenvalue weighted by Gasteiger charge is -1.95. The van der Waals surface area contributed by atoms with E-state index in [2.05, 4.69) is 4.99 Å². The monoisotopic (exact) mass is 185 g/mol. The van der Waals surface area contributed by atoms with Crippen LogP contribution in [-0.2, 0) is 11.8 Å². The van der Waals surface area contributed by atoms with Crippen molar-refractivity contribution < 1.29 is 4.79 Å². The van der Waals surface area contributed by atoms with Gasteiger partial charge in [-0.2, -0.15) is 4.99 Å². The zero-order chi connectivity index (χ0) is 9.14. The van der Waals surface area contributed by atoms with E-state index in [-0.39, 0.29) is 5.91 Å². The van der Waals surface area contributed by atoms with Crippen LogP contribution >= 0.6 is 11.3 Å². The second kappa shape index (κ2) is 3.64. The first kappa shape index (κ1) is 9.15. The molecule has 0 fully saturated rings. The van der Waals surface area contributed by atoms with E-state index in [1.54, 1.807) is 11.5 Å². The first-order valence-corrected chi connectivity index (χ1v) is 4.43. The van der Waals surface area contributed by atoms with Gasteiger partial charge in [0.15, 0.2) is 4.80 Å². The molecule has 4 nitrogen and oxygen atoms in total. The molecule has 0 radical (unpaired) electrons. The number of nitrogens with zero attached hydrogens (tertiary/aromatic N) is 2. The van der Waals surface area contributed by atoms with Gasteiger partial charge in [0.1, 0.15) is 0 Å². The maximum atomic E-state index is 11.1. The third-order valence-corrected chi connectivity index (χ3v) is 2.20. The number of aryl methyl sites for hydroxylation is 1. The van der Waals surface area contributed by atoms with Crippen molar-refractivity contribution in [2.45, 2.75) is 13.0 Å². The van der Waals surface area contributed by atoms with Crippen molar-refractivity contribution in [2.75, 3.05) is 0 Å². The standard InChI is InChI=1S/C7H11N3OS/c1-5(8)6(11)9-7-10(2)3-4-12-7/h3-5H,8H2,1-2H3/t5-/m0/s1. The Morgan fingerprint density at radius 2 is 2.50 bits per heavy atom. The Balaban J connectivity index is 2.98. The van der Waals surface area contributed by atoms with Gasteiger partial charge in [0.05, 0.1) is 6.04 Å². The number of hydrogen-bond donors (Lipinski definition) is 1. The fraction of sp³-hybridized carbons (Fsp3) is 0.429. The van der Waals surface area contributed by atoms with Crippen LogP contribution in [0.5, 0.6) is 0 Å². The number of thiazole rings is 1. The molecular formula is C7H11N3OS. The van der Waals surface area contributed by atoms with Gasteiger partial charge < -0.3 is 10.3 Å². The van der Waals surface area contributed by atoms with Crippen molar-refractivity contribution in [1.82, 2.24) is 4.57 Å². The summed E-state index contributed by atoms with van der Waals surface area (Å²) < 4.78 is 1.78. The molecule has 5 heteroatoms. The highest BCUT2D eigenvalue weighted by atomic mass is 32.1. The van der Waals surface area contributed by atoms with Crippen LogP contribution in [0.3, 0.4) is 0 Å². The molecule has 1 aromatic rings. The summed E-state index contributed by atoms with van der Waals surface area (Å²) in [5.41, 5.74) is 5.35. The van der Waals surface area contributed by atoms with Gasteiger partial charge in [0, 0.05) is 18.6 Å². The molecule has 1 atom stereocenters. The van der Waals surface area contributed by atoms with Crippen LogP contribution in [0.1, 0.15) is 6.92 Å². The van der Waals surface area contributed by atoms with Crippen LogP contribution in [0.2, 0.25) is 0 Å². The second-order valence-electron chi connectivity index (χ2n) is 2.54. The first-order valence-electron chi connectivity index (χ1n) is 3.55. The molecular weight excluding hydrogens is 174 g/mol. The molecule has 0 bridgehead atoms. The Hall–Kier alpha value is -0.940. The molecule has 0 saturated heterocycles. The molecule has 0 aliphatic rings. The number of hydrogen-bond acceptors (Lipinski definition) is 3. The predicted octanol–water partition coefficient (Wildman–Crippen LogP) is -0.139. The van der Waals surface area contributed by atoms with Crippen LogP contribution in [-0.4, -0.2) is 16.5 Å². The zero-order valence-electron chi connectivity index (χ0n) is 7.02. The summed E-state index contributed by atoms with van der Waals surface area (Å²) in [7, 11) is 1.84. The minimum atomic E-state index is -0.521. The largest absolute Gasteiger partial charge is 0.327 e. The second-order valence-corrected chi connectivity index (χ2v) is 3.41. The van der Waals surface area contributed by atoms with E-state index in [0.717, 1.165) is 0 Å². The maximum Gasteiger partial charge on any atom is 0.264 e. The normalized spacial score (nSPS) is 14.8. The third-order valence-electron chi connectivity index (χ3n) is 1.36. The predicted molar refractivity (Wildman–Crippen MR) is 47.5 cm³/mol. The van der Waals surface area contributed by atoms with E-state index in [0.29, 0.717) is 4.80 Å². The summed E-state index contributed by atoms with van der Waals surface area (Å²) in [5.74, 6) is -0.284. The number of nitrogens with two attached hydrogens (primary N) is 1. The molecule has 1 aromatic heterocycles. The number of aromatic nitrogens is 1. The Labute approximate surface area is 74.4 Å². The maximum absolute atomic E-state index is 11.1. The van der Waals surface area contributed by atoms with Crippen LogP contribution in [0.4, 0.5) is 0 Å². The highest BCUT2D eigenvalue weighted by molar-refractivity contribution is 7.07. The molecule has 66 valence electrons. The minimum Gasteiger partial charge on any atom is -0.327 e. The Morgan fingerprint density at radius 1 is 1.83 bits per heavy atom. The molecule has 0 saturated carbocycles. The van der Waals surface area contributed by atoms with Gasteiger partial charge in [0.25, 0.3) is 5.91 Å². The van der Waals surface area contributed by atoms with E-state index in [4.69, 9.17) is 5.73 Å². The Kier molecular flexibility index (Phi) is 2.78. The number of amides is 1. The summed E-state index contributed by atoms with van der Waals surface area (Å²) in [4.78, 5) is 15.6. The average molecular weight is 185 g/mol. The van der Waals surface area contributed by atoms with Crippen molar-refractivity contribution >= 4 is 17.2 Å². The van der Waals surface area contributed by atoms with Gasteiger partial charge in [-0.05, 0) is 6.92 Å². The van der Waals surface area contributed by atoms with E-state index in [1.165, 1.54) is 11.3 Å². The summed E-state index contributed by atoms with van der Waals surface area (Å²) in [6, 6.07) is -0.521. The van der Waals surface area contributed by atoms with Gasteiger partial charge in [-0.3, -0.25) is 4.79 Å². The highest BCUT2D eigenvalue weighted by Gasteiger charge is 2.04. The average Bonchev–Trinajstić information content (AvgIpc) is 2.36. The third kappa shape index (κ3) is 2.02. The molecule has 1 heterocycles. The summed E-state index contributed by atoms with van der Waals surface area (Å²) in [5, 5.41) is 1.87. The van der Waals surface area contributed by atoms with Crippen molar-refractivity contribution in [3.63, 3.8) is 0 Å². The lowest BCUT2D eigenvalue weighted by Crippen LogP contribution is -2.27. The molecule has 0 unspecified atom stereocenters. The summed E-state index contributed by atoms with van der Waals surface area (Å²) in [6.45, 7) is 1.62. The van der Waals surface area contributed by atoms with E-state index in [1.807, 2.05) is 18.6 Å². The lowest BCUT2D eigenvalue weighted by molar-refractivity contribution is -0.118. The van der Waals surface area contributed by atoms with Crippen molar-refractivity contribution in [2.24, 2.45) is 17.8 Å². The van der Waals surface area contributed by atoms with Gasteiger partial charge >= 0.3 is 0 Å². The Morgan fingerprint density at radius 3 is 2.92 bits per heavy atom.